The SMILES string of the molecule is CCOC(=O)Nc1sc(/C(C#N)=C/c2ccc([N+](=O)[O-])cc2)nc1-c1ccc(Cl)cc1. The summed E-state index contributed by atoms with van der Waals surface area (Å²) >= 11 is 7.08. The van der Waals surface area contributed by atoms with Crippen LogP contribution < -0.4 is 5.32 Å². The van der Waals surface area contributed by atoms with Crippen molar-refractivity contribution >= 4 is 51.4 Å². The molecule has 0 spiro atoms. The van der Waals surface area contributed by atoms with Gasteiger partial charge in [0.15, 0.2) is 0 Å². The third-order valence-electron chi connectivity index (χ3n) is 4.00. The molecule has 1 heterocycles. The molecule has 0 bridgehead atoms. The van der Waals surface area contributed by atoms with E-state index in [2.05, 4.69) is 16.4 Å². The van der Waals surface area contributed by atoms with E-state index in [9.17, 15) is 20.2 Å². The van der Waals surface area contributed by atoms with Crippen molar-refractivity contribution in [1.82, 2.24) is 4.98 Å². The number of carbonyl (C=O) groups is 1. The van der Waals surface area contributed by atoms with E-state index in [1.807, 2.05) is 0 Å². The predicted octanol–water partition coefficient (Wildman–Crippen LogP) is 6.00. The fourth-order valence-electron chi connectivity index (χ4n) is 2.58. The fraction of sp³-hybridized carbons (Fsp3) is 0.0952. The minimum Gasteiger partial charge on any atom is -0.450 e. The Morgan fingerprint density at radius 3 is 2.55 bits per heavy atom. The lowest BCUT2D eigenvalue weighted by Crippen LogP contribution is -2.12. The summed E-state index contributed by atoms with van der Waals surface area (Å²) in [6.45, 7) is 1.90. The van der Waals surface area contributed by atoms with Gasteiger partial charge in [0.05, 0.1) is 17.1 Å². The van der Waals surface area contributed by atoms with Gasteiger partial charge in [0, 0.05) is 22.7 Å². The zero-order chi connectivity index (χ0) is 22.4. The second kappa shape index (κ2) is 9.84. The molecule has 0 fully saturated rings. The summed E-state index contributed by atoms with van der Waals surface area (Å²) in [5, 5.41) is 24.5. The number of rotatable bonds is 6. The highest BCUT2D eigenvalue weighted by Crippen LogP contribution is 2.37. The molecule has 0 aliphatic heterocycles. The van der Waals surface area contributed by atoms with Crippen LogP contribution in [-0.2, 0) is 4.74 Å². The van der Waals surface area contributed by atoms with Gasteiger partial charge in [0.2, 0.25) is 0 Å². The van der Waals surface area contributed by atoms with Crippen molar-refractivity contribution in [2.24, 2.45) is 0 Å². The lowest BCUT2D eigenvalue weighted by atomic mass is 10.1. The monoisotopic (exact) mass is 454 g/mol. The van der Waals surface area contributed by atoms with Gasteiger partial charge in [-0.25, -0.2) is 9.78 Å². The minimum atomic E-state index is -0.634. The van der Waals surface area contributed by atoms with E-state index in [1.165, 1.54) is 12.1 Å². The number of ether oxygens (including phenoxy) is 1. The second-order valence-corrected chi connectivity index (χ2v) is 7.50. The number of allylic oxidation sites excluding steroid dienone is 1. The number of hydrogen-bond acceptors (Lipinski definition) is 7. The maximum Gasteiger partial charge on any atom is 0.412 e. The summed E-state index contributed by atoms with van der Waals surface area (Å²) in [7, 11) is 0. The van der Waals surface area contributed by atoms with Crippen molar-refractivity contribution in [1.29, 1.82) is 5.26 Å². The summed E-state index contributed by atoms with van der Waals surface area (Å²) in [6, 6.07) is 14.8. The number of nitro benzene ring substituents is 1. The molecule has 0 aliphatic rings. The topological polar surface area (TPSA) is 118 Å². The Morgan fingerprint density at radius 1 is 1.29 bits per heavy atom. The standard InChI is InChI=1S/C21H15ClN4O4S/c1-2-30-21(27)25-20-18(14-5-7-16(22)8-6-14)24-19(31-20)15(12-23)11-13-3-9-17(10-4-13)26(28)29/h3-11H,2H2,1H3,(H,25,27)/b15-11+. The Bertz CT molecular complexity index is 1180. The Kier molecular flexibility index (Phi) is 6.97. The molecule has 2 aromatic carbocycles. The Labute approximate surface area is 186 Å². The van der Waals surface area contributed by atoms with Crippen LogP contribution in [-0.4, -0.2) is 22.6 Å². The molecular formula is C21H15ClN4O4S. The van der Waals surface area contributed by atoms with Crippen molar-refractivity contribution < 1.29 is 14.5 Å². The smallest absolute Gasteiger partial charge is 0.412 e. The highest BCUT2D eigenvalue weighted by atomic mass is 35.5. The van der Waals surface area contributed by atoms with Gasteiger partial charge in [-0.15, -0.1) is 0 Å². The van der Waals surface area contributed by atoms with Gasteiger partial charge >= 0.3 is 6.09 Å². The first-order chi connectivity index (χ1) is 14.9. The number of nitrogens with one attached hydrogen (secondary N) is 1. The third kappa shape index (κ3) is 5.45. The predicted molar refractivity (Wildman–Crippen MR) is 120 cm³/mol. The number of anilines is 1. The molecule has 1 N–H and O–H groups in total. The molecule has 156 valence electrons. The van der Waals surface area contributed by atoms with Crippen LogP contribution in [0.2, 0.25) is 5.02 Å². The maximum absolute atomic E-state index is 12.0. The first kappa shape index (κ1) is 22.0. The van der Waals surface area contributed by atoms with Crippen LogP contribution in [0, 0.1) is 21.4 Å². The van der Waals surface area contributed by atoms with Gasteiger partial charge in [0.1, 0.15) is 21.8 Å². The van der Waals surface area contributed by atoms with E-state index in [1.54, 1.807) is 49.4 Å². The molecule has 0 atom stereocenters. The molecule has 8 nitrogen and oxygen atoms in total. The van der Waals surface area contributed by atoms with E-state index in [0.29, 0.717) is 31.9 Å². The van der Waals surface area contributed by atoms with Crippen molar-refractivity contribution in [3.8, 4) is 17.3 Å². The Morgan fingerprint density at radius 2 is 1.97 bits per heavy atom. The summed E-state index contributed by atoms with van der Waals surface area (Å²) in [6.07, 6.45) is 0.938. The number of benzene rings is 2. The van der Waals surface area contributed by atoms with Gasteiger partial charge in [-0.2, -0.15) is 5.26 Å². The van der Waals surface area contributed by atoms with Gasteiger partial charge in [-0.05, 0) is 42.8 Å². The molecule has 3 rings (SSSR count). The molecule has 0 radical (unpaired) electrons. The summed E-state index contributed by atoms with van der Waals surface area (Å²) in [5.74, 6) is 0. The summed E-state index contributed by atoms with van der Waals surface area (Å²) in [4.78, 5) is 26.8. The highest BCUT2D eigenvalue weighted by molar-refractivity contribution is 7.17. The van der Waals surface area contributed by atoms with Gasteiger partial charge < -0.3 is 4.74 Å². The second-order valence-electron chi connectivity index (χ2n) is 6.07. The lowest BCUT2D eigenvalue weighted by molar-refractivity contribution is -0.384. The van der Waals surface area contributed by atoms with Crippen molar-refractivity contribution in [2.45, 2.75) is 6.92 Å². The number of nitriles is 1. The number of carbonyl (C=O) groups excluding carboxylic acids is 1. The largest absolute Gasteiger partial charge is 0.450 e. The van der Waals surface area contributed by atoms with Crippen LogP contribution in [0.4, 0.5) is 15.5 Å². The number of hydrogen-bond donors (Lipinski definition) is 1. The van der Waals surface area contributed by atoms with E-state index in [4.69, 9.17) is 16.3 Å². The average Bonchev–Trinajstić information content (AvgIpc) is 3.16. The highest BCUT2D eigenvalue weighted by Gasteiger charge is 2.18. The number of aromatic nitrogens is 1. The van der Waals surface area contributed by atoms with Gasteiger partial charge in [0.25, 0.3) is 5.69 Å². The van der Waals surface area contributed by atoms with Crippen LogP contribution in [0.15, 0.2) is 48.5 Å². The van der Waals surface area contributed by atoms with Crippen LogP contribution in [0.3, 0.4) is 0 Å². The molecule has 0 unspecified atom stereocenters. The molecule has 10 heteroatoms. The van der Waals surface area contributed by atoms with Crippen LogP contribution >= 0.6 is 22.9 Å². The zero-order valence-corrected chi connectivity index (χ0v) is 17.7. The summed E-state index contributed by atoms with van der Waals surface area (Å²) < 4.78 is 4.95. The Balaban J connectivity index is 2.02. The van der Waals surface area contributed by atoms with Crippen LogP contribution in [0.25, 0.3) is 22.9 Å². The van der Waals surface area contributed by atoms with Crippen LogP contribution in [0.1, 0.15) is 17.5 Å². The number of amides is 1. The number of non-ortho nitro benzene ring substituents is 1. The fourth-order valence-corrected chi connectivity index (χ4v) is 3.65. The van der Waals surface area contributed by atoms with Crippen molar-refractivity contribution in [2.75, 3.05) is 11.9 Å². The zero-order valence-electron chi connectivity index (χ0n) is 16.2. The molecule has 1 aromatic heterocycles. The lowest BCUT2D eigenvalue weighted by Gasteiger charge is -2.05. The first-order valence-electron chi connectivity index (χ1n) is 8.98. The minimum absolute atomic E-state index is 0.0455. The van der Waals surface area contributed by atoms with Crippen LogP contribution in [0.5, 0.6) is 0 Å². The van der Waals surface area contributed by atoms with Gasteiger partial charge in [-0.1, -0.05) is 35.1 Å². The number of thiazole rings is 1. The van der Waals surface area contributed by atoms with E-state index in [-0.39, 0.29) is 17.9 Å². The number of nitro groups is 1. The van der Waals surface area contributed by atoms with E-state index >= 15 is 0 Å². The molecule has 1 amide bonds. The van der Waals surface area contributed by atoms with Gasteiger partial charge in [-0.3, -0.25) is 15.4 Å². The Hall–Kier alpha value is -3.74. The first-order valence-corrected chi connectivity index (χ1v) is 10.2. The third-order valence-corrected chi connectivity index (χ3v) is 5.26. The van der Waals surface area contributed by atoms with Crippen molar-refractivity contribution in [3.63, 3.8) is 0 Å². The van der Waals surface area contributed by atoms with Crippen molar-refractivity contribution in [3.05, 3.63) is 74.2 Å². The molecule has 0 aliphatic carbocycles. The average molecular weight is 455 g/mol. The van der Waals surface area contributed by atoms with E-state index < -0.39 is 11.0 Å². The maximum atomic E-state index is 12.0. The molecule has 0 saturated heterocycles. The molecular weight excluding hydrogens is 440 g/mol. The number of halogens is 1. The quantitative estimate of drug-likeness (QED) is 0.277. The number of nitrogens with zero attached hydrogens (tertiary/aromatic N) is 3. The molecule has 0 saturated carbocycles. The summed E-state index contributed by atoms with van der Waals surface area (Å²) in [5.41, 5.74) is 1.97. The molecule has 3 aromatic rings. The normalized spacial score (nSPS) is 10.9. The van der Waals surface area contributed by atoms with E-state index in [0.717, 1.165) is 11.3 Å². The molecule has 31 heavy (non-hydrogen) atoms.